The quantitative estimate of drug-likeness (QED) is 0.509. The molecule has 0 saturated carbocycles. The van der Waals surface area contributed by atoms with Crippen LogP contribution >= 0.6 is 0 Å². The molecule has 4 nitrogen and oxygen atoms in total. The first kappa shape index (κ1) is 10.7. The fourth-order valence-electron chi connectivity index (χ4n) is 0.676. The highest BCUT2D eigenvalue weighted by atomic mass is 19.4. The van der Waals surface area contributed by atoms with Gasteiger partial charge in [0.15, 0.2) is 6.29 Å². The third kappa shape index (κ3) is 1.49. The second-order valence-electron chi connectivity index (χ2n) is 2.31. The fourth-order valence-corrected chi connectivity index (χ4v) is 0.676. The molecule has 14 heavy (non-hydrogen) atoms. The van der Waals surface area contributed by atoms with E-state index in [0.29, 0.717) is 0 Å². The van der Waals surface area contributed by atoms with Gasteiger partial charge in [-0.2, -0.15) is 13.2 Å². The first-order valence-electron chi connectivity index (χ1n) is 3.16. The number of azo groups is 1. The van der Waals surface area contributed by atoms with Gasteiger partial charge >= 0.3 is 11.8 Å². The van der Waals surface area contributed by atoms with E-state index in [2.05, 4.69) is 15.2 Å². The maximum absolute atomic E-state index is 12.1. The van der Waals surface area contributed by atoms with E-state index in [-0.39, 0.29) is 0 Å². The predicted octanol–water partition coefficient (Wildman–Crippen LogP) is 1.57. The summed E-state index contributed by atoms with van der Waals surface area (Å²) in [6, 6.07) is 0. The number of aldehydes is 1. The number of rotatable bonds is 2. The maximum atomic E-state index is 12.1. The number of carbonyl (C=O) groups is 1. The lowest BCUT2D eigenvalue weighted by Gasteiger charge is -2.16. The normalized spacial score (nSPS) is 26.9. The van der Waals surface area contributed by atoms with Crippen LogP contribution in [0.15, 0.2) is 15.2 Å². The van der Waals surface area contributed by atoms with Gasteiger partial charge in [0.2, 0.25) is 5.84 Å². The van der Waals surface area contributed by atoms with E-state index in [1.54, 1.807) is 0 Å². The van der Waals surface area contributed by atoms with Gasteiger partial charge < -0.3 is 0 Å². The molecule has 1 atom stereocenters. The molecule has 1 aliphatic rings. The van der Waals surface area contributed by atoms with Crippen LogP contribution in [0.5, 0.6) is 0 Å². The average Bonchev–Trinajstić information content (AvgIpc) is 2.47. The topological polar surface area (TPSA) is 54.1 Å². The number of aliphatic imine (C=N–C) groups is 1. The highest BCUT2D eigenvalue weighted by Crippen LogP contribution is 2.37. The molecule has 0 aromatic carbocycles. The monoisotopic (exact) mass is 215 g/mol. The van der Waals surface area contributed by atoms with Crippen molar-refractivity contribution >= 4 is 12.1 Å². The molecule has 0 N–H and O–H groups in total. The van der Waals surface area contributed by atoms with Crippen LogP contribution in [0.1, 0.15) is 0 Å². The third-order valence-corrected chi connectivity index (χ3v) is 1.37. The summed E-state index contributed by atoms with van der Waals surface area (Å²) in [5, 5.41) is 4.91. The van der Waals surface area contributed by atoms with Gasteiger partial charge in [-0.25, -0.2) is 13.8 Å². The minimum Gasteiger partial charge on any atom is -0.298 e. The van der Waals surface area contributed by atoms with Crippen molar-refractivity contribution in [2.75, 3.05) is 0 Å². The number of hydrogen-bond acceptors (Lipinski definition) is 4. The van der Waals surface area contributed by atoms with Crippen LogP contribution in [0.4, 0.5) is 22.0 Å². The largest absolute Gasteiger partial charge is 0.443 e. The highest BCUT2D eigenvalue weighted by molar-refractivity contribution is 5.90. The van der Waals surface area contributed by atoms with E-state index < -0.39 is 30.4 Å². The van der Waals surface area contributed by atoms with Gasteiger partial charge in [0.1, 0.15) is 0 Å². The molecule has 78 valence electrons. The number of carbonyl (C=O) groups excluding carboxylic acids is 1. The fraction of sp³-hybridized carbons (Fsp3) is 0.600. The minimum atomic E-state index is -5.16. The van der Waals surface area contributed by atoms with Crippen LogP contribution in [0, 0.1) is 0 Å². The molecular weight excluding hydrogens is 213 g/mol. The van der Waals surface area contributed by atoms with Crippen molar-refractivity contribution in [2.45, 2.75) is 18.3 Å². The molecule has 1 rings (SSSR count). The number of amidine groups is 1. The Balaban J connectivity index is 3.10. The summed E-state index contributed by atoms with van der Waals surface area (Å²) < 4.78 is 60.0. The standard InChI is InChI=1S/C5H2F5N3O/c6-2(7)3-11-4(1-14,13-12-3)5(8,9)10/h1-2H. The van der Waals surface area contributed by atoms with Crippen LogP contribution < -0.4 is 0 Å². The zero-order chi connectivity index (χ0) is 11.0. The lowest BCUT2D eigenvalue weighted by Crippen LogP contribution is -2.42. The lowest BCUT2D eigenvalue weighted by molar-refractivity contribution is -0.180. The number of alkyl halides is 5. The molecule has 0 aromatic rings. The van der Waals surface area contributed by atoms with Crippen LogP contribution in [0.2, 0.25) is 0 Å². The van der Waals surface area contributed by atoms with Crippen LogP contribution in [0.25, 0.3) is 0 Å². The lowest BCUT2D eigenvalue weighted by atomic mass is 10.2. The molecule has 9 heteroatoms. The molecule has 1 unspecified atom stereocenters. The van der Waals surface area contributed by atoms with E-state index in [0.717, 1.165) is 0 Å². The smallest absolute Gasteiger partial charge is 0.298 e. The van der Waals surface area contributed by atoms with Gasteiger partial charge in [0.25, 0.3) is 6.43 Å². The first-order valence-corrected chi connectivity index (χ1v) is 3.16. The molecule has 0 fully saturated rings. The van der Waals surface area contributed by atoms with E-state index >= 15 is 0 Å². The Hall–Kier alpha value is -1.41. The molecule has 0 saturated heterocycles. The van der Waals surface area contributed by atoms with Crippen molar-refractivity contribution in [1.82, 2.24) is 0 Å². The summed E-state index contributed by atoms with van der Waals surface area (Å²) in [5.41, 5.74) is -3.49. The number of hydrogen-bond donors (Lipinski definition) is 0. The zero-order valence-electron chi connectivity index (χ0n) is 6.29. The second-order valence-corrected chi connectivity index (χ2v) is 2.31. The molecular formula is C5H2F5N3O. The molecule has 0 radical (unpaired) electrons. The van der Waals surface area contributed by atoms with Crippen LogP contribution in [-0.2, 0) is 4.79 Å². The molecule has 0 spiro atoms. The van der Waals surface area contributed by atoms with Gasteiger partial charge in [-0.3, -0.25) is 4.79 Å². The number of nitrogens with zero attached hydrogens (tertiary/aromatic N) is 3. The summed E-state index contributed by atoms with van der Waals surface area (Å²) in [7, 11) is 0. The van der Waals surface area contributed by atoms with Gasteiger partial charge in [-0.1, -0.05) is 0 Å². The Kier molecular flexibility index (Phi) is 2.34. The highest BCUT2D eigenvalue weighted by Gasteiger charge is 2.59. The Morgan fingerprint density at radius 3 is 2.14 bits per heavy atom. The van der Waals surface area contributed by atoms with E-state index in [1.807, 2.05) is 0 Å². The van der Waals surface area contributed by atoms with Gasteiger partial charge in [-0.15, -0.1) is 10.2 Å². The summed E-state index contributed by atoms with van der Waals surface area (Å²) >= 11 is 0. The summed E-state index contributed by atoms with van der Waals surface area (Å²) in [6.07, 6.45) is -9.12. The van der Waals surface area contributed by atoms with Crippen molar-refractivity contribution in [1.29, 1.82) is 0 Å². The van der Waals surface area contributed by atoms with Crippen molar-refractivity contribution < 1.29 is 26.7 Å². The van der Waals surface area contributed by atoms with Crippen LogP contribution in [-0.4, -0.2) is 30.4 Å². The molecule has 1 heterocycles. The van der Waals surface area contributed by atoms with E-state index in [9.17, 15) is 26.7 Å². The van der Waals surface area contributed by atoms with E-state index in [4.69, 9.17) is 0 Å². The van der Waals surface area contributed by atoms with Crippen molar-refractivity contribution in [3.63, 3.8) is 0 Å². The average molecular weight is 215 g/mol. The summed E-state index contributed by atoms with van der Waals surface area (Å²) in [4.78, 5) is 12.6. The SMILES string of the molecule is O=CC1(C(F)(F)F)N=NC(C(F)F)=N1. The van der Waals surface area contributed by atoms with Crippen molar-refractivity contribution in [3.05, 3.63) is 0 Å². The molecule has 0 aromatic heterocycles. The first-order chi connectivity index (χ1) is 6.32. The van der Waals surface area contributed by atoms with E-state index in [1.165, 1.54) is 0 Å². The Labute approximate surface area is 73.5 Å². The van der Waals surface area contributed by atoms with Crippen molar-refractivity contribution in [3.8, 4) is 0 Å². The Morgan fingerprint density at radius 2 is 1.93 bits per heavy atom. The van der Waals surface area contributed by atoms with Gasteiger partial charge in [-0.05, 0) is 0 Å². The maximum Gasteiger partial charge on any atom is 0.443 e. The Bertz CT molecular complexity index is 309. The second kappa shape index (κ2) is 3.07. The summed E-state index contributed by atoms with van der Waals surface area (Å²) in [6.45, 7) is 0. The van der Waals surface area contributed by atoms with Crippen molar-refractivity contribution in [2.24, 2.45) is 15.2 Å². The van der Waals surface area contributed by atoms with Gasteiger partial charge in [0, 0.05) is 0 Å². The van der Waals surface area contributed by atoms with Crippen LogP contribution in [0.3, 0.4) is 0 Å². The molecule has 0 aliphatic carbocycles. The predicted molar refractivity (Wildman–Crippen MR) is 33.1 cm³/mol. The zero-order valence-corrected chi connectivity index (χ0v) is 6.29. The Morgan fingerprint density at radius 1 is 1.36 bits per heavy atom. The molecule has 0 bridgehead atoms. The third-order valence-electron chi connectivity index (χ3n) is 1.37. The molecule has 1 aliphatic heterocycles. The summed E-state index contributed by atoms with van der Waals surface area (Å²) in [5.74, 6) is -1.39. The van der Waals surface area contributed by atoms with Gasteiger partial charge in [0.05, 0.1) is 0 Å². The minimum absolute atomic E-state index is 0.675. The molecule has 0 amide bonds. The number of halogens is 5.